The summed E-state index contributed by atoms with van der Waals surface area (Å²) in [6.45, 7) is 0. The van der Waals surface area contributed by atoms with Gasteiger partial charge in [0.15, 0.2) is 0 Å². The monoisotopic (exact) mass is 367 g/mol. The number of thiazole rings is 1. The number of hydrogen-bond acceptors (Lipinski definition) is 6. The molecule has 8 heteroatoms. The van der Waals surface area contributed by atoms with E-state index >= 15 is 0 Å². The van der Waals surface area contributed by atoms with Crippen molar-refractivity contribution in [3.8, 4) is 21.3 Å². The van der Waals surface area contributed by atoms with Crippen molar-refractivity contribution in [1.82, 2.24) is 19.7 Å². The molecular formula is C17H13N5OS2. The Hall–Kier alpha value is -2.84. The van der Waals surface area contributed by atoms with E-state index in [-0.39, 0.29) is 5.91 Å². The zero-order valence-electron chi connectivity index (χ0n) is 13.2. The molecule has 0 unspecified atom stereocenters. The summed E-state index contributed by atoms with van der Waals surface area (Å²) in [6.07, 6.45) is 5.07. The molecule has 0 spiro atoms. The van der Waals surface area contributed by atoms with Gasteiger partial charge in [0.25, 0.3) is 5.91 Å². The van der Waals surface area contributed by atoms with Gasteiger partial charge in [0.1, 0.15) is 15.6 Å². The minimum Gasteiger partial charge on any atom is -0.318 e. The summed E-state index contributed by atoms with van der Waals surface area (Å²) in [4.78, 5) is 22.9. The summed E-state index contributed by atoms with van der Waals surface area (Å²) in [7, 11) is 1.81. The minimum absolute atomic E-state index is 0.203. The first-order valence-electron chi connectivity index (χ1n) is 7.47. The molecule has 0 aliphatic carbocycles. The minimum atomic E-state index is -0.203. The lowest BCUT2D eigenvalue weighted by atomic mass is 10.2. The third kappa shape index (κ3) is 3.21. The number of aryl methyl sites for hydroxylation is 1. The molecule has 0 saturated heterocycles. The van der Waals surface area contributed by atoms with Crippen LogP contribution in [0.3, 0.4) is 0 Å². The summed E-state index contributed by atoms with van der Waals surface area (Å²) in [5, 5.41) is 10.2. The van der Waals surface area contributed by atoms with Gasteiger partial charge >= 0.3 is 0 Å². The molecule has 124 valence electrons. The first-order chi connectivity index (χ1) is 12.2. The molecule has 4 aromatic heterocycles. The van der Waals surface area contributed by atoms with Gasteiger partial charge in [-0.3, -0.25) is 14.5 Å². The zero-order valence-corrected chi connectivity index (χ0v) is 14.8. The SMILES string of the molecule is Cn1cc(NC(=O)c2cnc(-c3cccs3)s2)c(-c2ccccn2)n1. The first-order valence-corrected chi connectivity index (χ1v) is 9.16. The highest BCUT2D eigenvalue weighted by Gasteiger charge is 2.17. The molecule has 25 heavy (non-hydrogen) atoms. The Morgan fingerprint density at radius 3 is 2.88 bits per heavy atom. The Morgan fingerprint density at radius 2 is 2.12 bits per heavy atom. The second-order valence-corrected chi connectivity index (χ2v) is 7.22. The van der Waals surface area contributed by atoms with Gasteiger partial charge in [-0.15, -0.1) is 22.7 Å². The third-order valence-electron chi connectivity index (χ3n) is 3.45. The molecule has 4 heterocycles. The van der Waals surface area contributed by atoms with Crippen molar-refractivity contribution in [2.45, 2.75) is 0 Å². The van der Waals surface area contributed by atoms with E-state index in [4.69, 9.17) is 0 Å². The van der Waals surface area contributed by atoms with E-state index in [0.29, 0.717) is 22.0 Å². The van der Waals surface area contributed by atoms with Crippen LogP contribution in [0, 0.1) is 0 Å². The van der Waals surface area contributed by atoms with Gasteiger partial charge < -0.3 is 5.32 Å². The molecule has 6 nitrogen and oxygen atoms in total. The Morgan fingerprint density at radius 1 is 1.20 bits per heavy atom. The average Bonchev–Trinajstić information content (AvgIpc) is 3.36. The molecule has 4 aromatic rings. The molecule has 1 amide bonds. The second kappa shape index (κ2) is 6.58. The van der Waals surface area contributed by atoms with Crippen LogP contribution < -0.4 is 5.32 Å². The number of anilines is 1. The smallest absolute Gasteiger partial charge is 0.267 e. The Balaban J connectivity index is 1.60. The van der Waals surface area contributed by atoms with Crippen LogP contribution in [0.25, 0.3) is 21.3 Å². The van der Waals surface area contributed by atoms with Gasteiger partial charge in [-0.25, -0.2) is 4.98 Å². The summed E-state index contributed by atoms with van der Waals surface area (Å²) >= 11 is 2.97. The molecule has 0 bridgehead atoms. The predicted octanol–water partition coefficient (Wildman–Crippen LogP) is 3.92. The van der Waals surface area contributed by atoms with Crippen molar-refractivity contribution >= 4 is 34.3 Å². The van der Waals surface area contributed by atoms with E-state index in [9.17, 15) is 4.79 Å². The molecule has 0 aliphatic heterocycles. The van der Waals surface area contributed by atoms with Crippen LogP contribution in [0.5, 0.6) is 0 Å². The maximum atomic E-state index is 12.6. The summed E-state index contributed by atoms with van der Waals surface area (Å²) in [5.74, 6) is -0.203. The lowest BCUT2D eigenvalue weighted by Gasteiger charge is -2.03. The molecule has 0 aliphatic rings. The predicted molar refractivity (Wildman–Crippen MR) is 99.8 cm³/mol. The summed E-state index contributed by atoms with van der Waals surface area (Å²) in [5.41, 5.74) is 1.97. The Kier molecular flexibility index (Phi) is 4.12. The van der Waals surface area contributed by atoms with Crippen LogP contribution in [0.4, 0.5) is 5.69 Å². The number of thiophene rings is 1. The van der Waals surface area contributed by atoms with Gasteiger partial charge in [0, 0.05) is 19.4 Å². The molecule has 0 fully saturated rings. The highest BCUT2D eigenvalue weighted by Crippen LogP contribution is 2.30. The average molecular weight is 367 g/mol. The van der Waals surface area contributed by atoms with Crippen LogP contribution in [0.15, 0.2) is 54.3 Å². The highest BCUT2D eigenvalue weighted by molar-refractivity contribution is 7.22. The lowest BCUT2D eigenvalue weighted by Crippen LogP contribution is -2.10. The van der Waals surface area contributed by atoms with Crippen molar-refractivity contribution in [2.75, 3.05) is 5.32 Å². The first kappa shape index (κ1) is 15.7. The maximum Gasteiger partial charge on any atom is 0.267 e. The van der Waals surface area contributed by atoms with Gasteiger partial charge in [-0.1, -0.05) is 12.1 Å². The van der Waals surface area contributed by atoms with Crippen molar-refractivity contribution < 1.29 is 4.79 Å². The van der Waals surface area contributed by atoms with E-state index in [1.54, 1.807) is 34.6 Å². The molecule has 4 rings (SSSR count). The molecule has 0 radical (unpaired) electrons. The molecule has 1 N–H and O–H groups in total. The molecule has 0 saturated carbocycles. The van der Waals surface area contributed by atoms with Crippen LogP contribution in [0.1, 0.15) is 9.67 Å². The maximum absolute atomic E-state index is 12.6. The van der Waals surface area contributed by atoms with Gasteiger partial charge in [-0.2, -0.15) is 5.10 Å². The van der Waals surface area contributed by atoms with Crippen molar-refractivity contribution in [2.24, 2.45) is 7.05 Å². The van der Waals surface area contributed by atoms with E-state index in [1.807, 2.05) is 42.8 Å². The van der Waals surface area contributed by atoms with E-state index < -0.39 is 0 Å². The van der Waals surface area contributed by atoms with Gasteiger partial charge in [-0.05, 0) is 23.6 Å². The van der Waals surface area contributed by atoms with Crippen LogP contribution in [0.2, 0.25) is 0 Å². The quantitative estimate of drug-likeness (QED) is 0.593. The van der Waals surface area contributed by atoms with E-state index in [0.717, 1.165) is 9.88 Å². The number of pyridine rings is 1. The normalized spacial score (nSPS) is 10.8. The van der Waals surface area contributed by atoms with E-state index in [1.165, 1.54) is 11.3 Å². The largest absolute Gasteiger partial charge is 0.318 e. The number of hydrogen-bond donors (Lipinski definition) is 1. The standard InChI is InChI=1S/C17H13N5OS2/c1-22-10-12(15(21-22)11-5-2-3-7-18-11)20-16(23)14-9-19-17(25-14)13-6-4-8-24-13/h2-10H,1H3,(H,20,23). The highest BCUT2D eigenvalue weighted by atomic mass is 32.1. The number of carbonyl (C=O) groups excluding carboxylic acids is 1. The number of carbonyl (C=O) groups is 1. The summed E-state index contributed by atoms with van der Waals surface area (Å²) in [6, 6.07) is 9.55. The number of nitrogens with one attached hydrogen (secondary N) is 1. The fourth-order valence-electron chi connectivity index (χ4n) is 2.35. The lowest BCUT2D eigenvalue weighted by molar-refractivity contribution is 0.103. The molecule has 0 atom stereocenters. The molecular weight excluding hydrogens is 354 g/mol. The molecule has 0 aromatic carbocycles. The fraction of sp³-hybridized carbons (Fsp3) is 0.0588. The van der Waals surface area contributed by atoms with Gasteiger partial charge in [0.05, 0.1) is 22.5 Å². The van der Waals surface area contributed by atoms with Crippen LogP contribution >= 0.6 is 22.7 Å². The topological polar surface area (TPSA) is 72.7 Å². The number of rotatable bonds is 4. The van der Waals surface area contributed by atoms with Crippen LogP contribution in [-0.2, 0) is 7.05 Å². The van der Waals surface area contributed by atoms with Gasteiger partial charge in [0.2, 0.25) is 0 Å². The Bertz CT molecular complexity index is 1010. The number of nitrogens with zero attached hydrogens (tertiary/aromatic N) is 4. The van der Waals surface area contributed by atoms with Crippen LogP contribution in [-0.4, -0.2) is 25.7 Å². The van der Waals surface area contributed by atoms with Crippen molar-refractivity contribution in [3.05, 3.63) is 59.2 Å². The summed E-state index contributed by atoms with van der Waals surface area (Å²) < 4.78 is 1.66. The number of aromatic nitrogens is 4. The second-order valence-electron chi connectivity index (χ2n) is 5.24. The van der Waals surface area contributed by atoms with Crippen molar-refractivity contribution in [1.29, 1.82) is 0 Å². The zero-order chi connectivity index (χ0) is 17.2. The fourth-order valence-corrected chi connectivity index (χ4v) is 3.96. The van der Waals surface area contributed by atoms with Crippen molar-refractivity contribution in [3.63, 3.8) is 0 Å². The van der Waals surface area contributed by atoms with E-state index in [2.05, 4.69) is 20.4 Å². The number of amides is 1. The Labute approximate surface area is 151 Å². The third-order valence-corrected chi connectivity index (χ3v) is 5.48.